The van der Waals surface area contributed by atoms with E-state index in [1.165, 1.54) is 0 Å². The molecule has 3 aromatic rings. The molecule has 1 aliphatic rings. The van der Waals surface area contributed by atoms with Gasteiger partial charge in [-0.15, -0.1) is 0 Å². The van der Waals surface area contributed by atoms with Crippen molar-refractivity contribution in [2.75, 3.05) is 13.1 Å². The molecule has 0 spiro atoms. The maximum Gasteiger partial charge on any atom is 0.268 e. The second kappa shape index (κ2) is 8.71. The van der Waals surface area contributed by atoms with Crippen LogP contribution in [0, 0.1) is 6.92 Å². The zero-order chi connectivity index (χ0) is 22.9. The number of likely N-dealkylation sites (tertiary alicyclic amines) is 1. The summed E-state index contributed by atoms with van der Waals surface area (Å²) in [6.07, 6.45) is 5.88. The highest BCUT2D eigenvalue weighted by atomic mass is 16.3. The highest BCUT2D eigenvalue weighted by Gasteiger charge is 2.36. The third kappa shape index (κ3) is 4.10. The van der Waals surface area contributed by atoms with Gasteiger partial charge in [0.15, 0.2) is 0 Å². The highest BCUT2D eigenvalue weighted by molar-refractivity contribution is 5.95. The molecule has 1 aromatic carbocycles. The Morgan fingerprint density at radius 1 is 1.12 bits per heavy atom. The van der Waals surface area contributed by atoms with Crippen LogP contribution in [0.25, 0.3) is 5.69 Å². The number of pyridine rings is 2. The zero-order valence-corrected chi connectivity index (χ0v) is 18.8. The van der Waals surface area contributed by atoms with Gasteiger partial charge in [0.05, 0.1) is 5.60 Å². The maximum absolute atomic E-state index is 13.4. The maximum atomic E-state index is 13.4. The number of carbonyl (C=O) groups is 1. The van der Waals surface area contributed by atoms with E-state index in [0.29, 0.717) is 37.4 Å². The van der Waals surface area contributed by atoms with Gasteiger partial charge in [-0.1, -0.05) is 32.0 Å². The predicted octanol–water partition coefficient (Wildman–Crippen LogP) is 3.79. The standard InChI is InChI=1S/C26H29N3O3/c1-18(2)20-6-4-8-22(16-20)29-13-9-19(3)23(25(29)31)24(30)28-14-10-26(32,11-15-28)21-7-5-12-27-17-21/h4-9,12-13,16-18,32H,10-11,14-15H2,1-3H3. The van der Waals surface area contributed by atoms with Crippen LogP contribution in [-0.2, 0) is 5.60 Å². The number of hydrogen-bond donors (Lipinski definition) is 1. The van der Waals surface area contributed by atoms with Gasteiger partial charge in [0, 0.05) is 42.9 Å². The van der Waals surface area contributed by atoms with Crippen molar-refractivity contribution in [1.82, 2.24) is 14.5 Å². The Balaban J connectivity index is 1.61. The van der Waals surface area contributed by atoms with Crippen molar-refractivity contribution in [2.24, 2.45) is 0 Å². The van der Waals surface area contributed by atoms with Gasteiger partial charge < -0.3 is 10.0 Å². The molecule has 1 fully saturated rings. The number of rotatable bonds is 4. The predicted molar refractivity (Wildman–Crippen MR) is 124 cm³/mol. The molecule has 166 valence electrons. The van der Waals surface area contributed by atoms with Crippen molar-refractivity contribution >= 4 is 5.91 Å². The Morgan fingerprint density at radius 3 is 2.53 bits per heavy atom. The van der Waals surface area contributed by atoms with Crippen molar-refractivity contribution in [1.29, 1.82) is 0 Å². The first kappa shape index (κ1) is 22.0. The SMILES string of the molecule is Cc1ccn(-c2cccc(C(C)C)c2)c(=O)c1C(=O)N1CCC(O)(c2cccnc2)CC1. The average Bonchev–Trinajstić information content (AvgIpc) is 2.80. The van der Waals surface area contributed by atoms with E-state index in [4.69, 9.17) is 0 Å². The van der Waals surface area contributed by atoms with Crippen LogP contribution in [0.15, 0.2) is 65.8 Å². The highest BCUT2D eigenvalue weighted by Crippen LogP contribution is 2.32. The minimum Gasteiger partial charge on any atom is -0.385 e. The molecule has 1 amide bonds. The van der Waals surface area contributed by atoms with Crippen LogP contribution >= 0.6 is 0 Å². The number of piperidine rings is 1. The van der Waals surface area contributed by atoms with E-state index in [2.05, 4.69) is 18.8 Å². The molecule has 0 saturated carbocycles. The summed E-state index contributed by atoms with van der Waals surface area (Å²) in [7, 11) is 0. The Morgan fingerprint density at radius 2 is 1.88 bits per heavy atom. The Hall–Kier alpha value is -3.25. The van der Waals surface area contributed by atoms with E-state index in [1.54, 1.807) is 41.0 Å². The molecule has 1 N–H and O–H groups in total. The van der Waals surface area contributed by atoms with Gasteiger partial charge in [-0.2, -0.15) is 0 Å². The first-order valence-corrected chi connectivity index (χ1v) is 11.0. The summed E-state index contributed by atoms with van der Waals surface area (Å²) >= 11 is 0. The molecule has 0 unspecified atom stereocenters. The quantitative estimate of drug-likeness (QED) is 0.682. The summed E-state index contributed by atoms with van der Waals surface area (Å²) in [6, 6.07) is 13.3. The molecule has 0 aliphatic carbocycles. The number of carbonyl (C=O) groups excluding carboxylic acids is 1. The molecular formula is C26H29N3O3. The molecule has 0 atom stereocenters. The lowest BCUT2D eigenvalue weighted by molar-refractivity contribution is -0.0214. The van der Waals surface area contributed by atoms with E-state index in [0.717, 1.165) is 16.8 Å². The lowest BCUT2D eigenvalue weighted by atomic mass is 9.85. The van der Waals surface area contributed by atoms with Gasteiger partial charge in [-0.25, -0.2) is 0 Å². The number of amides is 1. The largest absolute Gasteiger partial charge is 0.385 e. The van der Waals surface area contributed by atoms with Crippen LogP contribution in [-0.4, -0.2) is 38.6 Å². The van der Waals surface area contributed by atoms with Crippen LogP contribution in [0.5, 0.6) is 0 Å². The molecule has 1 saturated heterocycles. The van der Waals surface area contributed by atoms with Gasteiger partial charge in [-0.05, 0) is 61.1 Å². The minimum absolute atomic E-state index is 0.189. The normalized spacial score (nSPS) is 15.7. The van der Waals surface area contributed by atoms with Crippen molar-refractivity contribution in [3.05, 3.63) is 93.7 Å². The fourth-order valence-electron chi connectivity index (χ4n) is 4.29. The molecule has 3 heterocycles. The second-order valence-corrected chi connectivity index (χ2v) is 8.86. The van der Waals surface area contributed by atoms with Gasteiger partial charge >= 0.3 is 0 Å². The van der Waals surface area contributed by atoms with E-state index >= 15 is 0 Å². The zero-order valence-electron chi connectivity index (χ0n) is 18.8. The fourth-order valence-corrected chi connectivity index (χ4v) is 4.29. The van der Waals surface area contributed by atoms with Crippen molar-refractivity contribution in [3.63, 3.8) is 0 Å². The summed E-state index contributed by atoms with van der Waals surface area (Å²) in [5, 5.41) is 11.0. The average molecular weight is 432 g/mol. The van der Waals surface area contributed by atoms with Gasteiger partial charge in [0.1, 0.15) is 5.56 Å². The summed E-state index contributed by atoms with van der Waals surface area (Å²) in [6.45, 7) is 6.76. The minimum atomic E-state index is -1.01. The molecular weight excluding hydrogens is 402 g/mol. The van der Waals surface area contributed by atoms with E-state index in [-0.39, 0.29) is 17.0 Å². The lowest BCUT2D eigenvalue weighted by Gasteiger charge is -2.38. The van der Waals surface area contributed by atoms with E-state index in [9.17, 15) is 14.7 Å². The molecule has 6 heteroatoms. The third-order valence-electron chi connectivity index (χ3n) is 6.41. The number of aromatic nitrogens is 2. The first-order valence-electron chi connectivity index (χ1n) is 11.0. The monoisotopic (exact) mass is 431 g/mol. The molecule has 2 aromatic heterocycles. The fraction of sp³-hybridized carbons (Fsp3) is 0.346. The molecule has 0 bridgehead atoms. The van der Waals surface area contributed by atoms with Gasteiger partial charge in [-0.3, -0.25) is 19.1 Å². The summed E-state index contributed by atoms with van der Waals surface area (Å²) in [4.78, 5) is 32.5. The Labute approximate surface area is 188 Å². The van der Waals surface area contributed by atoms with Gasteiger partial charge in [0.25, 0.3) is 11.5 Å². The molecule has 32 heavy (non-hydrogen) atoms. The summed E-state index contributed by atoms with van der Waals surface area (Å²) in [5.41, 5.74) is 2.17. The molecule has 1 aliphatic heterocycles. The van der Waals surface area contributed by atoms with Crippen molar-refractivity contribution < 1.29 is 9.90 Å². The lowest BCUT2D eigenvalue weighted by Crippen LogP contribution is -2.46. The molecule has 0 radical (unpaired) electrons. The van der Waals surface area contributed by atoms with Crippen LogP contribution in [0.2, 0.25) is 0 Å². The number of aliphatic hydroxyl groups is 1. The third-order valence-corrected chi connectivity index (χ3v) is 6.41. The van der Waals surface area contributed by atoms with Crippen molar-refractivity contribution in [2.45, 2.75) is 45.1 Å². The van der Waals surface area contributed by atoms with E-state index in [1.807, 2.05) is 36.4 Å². The Bertz CT molecular complexity index is 1180. The van der Waals surface area contributed by atoms with Crippen LogP contribution in [0.1, 0.15) is 59.7 Å². The van der Waals surface area contributed by atoms with Crippen LogP contribution in [0.3, 0.4) is 0 Å². The number of aryl methyl sites for hydroxylation is 1. The first-order chi connectivity index (χ1) is 15.3. The molecule has 6 nitrogen and oxygen atoms in total. The summed E-state index contributed by atoms with van der Waals surface area (Å²) in [5.74, 6) is 0.0548. The number of nitrogens with zero attached hydrogens (tertiary/aromatic N) is 3. The second-order valence-electron chi connectivity index (χ2n) is 8.86. The van der Waals surface area contributed by atoms with Crippen LogP contribution < -0.4 is 5.56 Å². The van der Waals surface area contributed by atoms with Crippen LogP contribution in [0.4, 0.5) is 0 Å². The molecule has 4 rings (SSSR count). The number of hydrogen-bond acceptors (Lipinski definition) is 4. The topological polar surface area (TPSA) is 75.4 Å². The van der Waals surface area contributed by atoms with Gasteiger partial charge in [0.2, 0.25) is 0 Å². The smallest absolute Gasteiger partial charge is 0.268 e. The Kier molecular flexibility index (Phi) is 5.98. The van der Waals surface area contributed by atoms with E-state index < -0.39 is 5.60 Å². The summed E-state index contributed by atoms with van der Waals surface area (Å²) < 4.78 is 1.54. The van der Waals surface area contributed by atoms with Crippen molar-refractivity contribution in [3.8, 4) is 5.69 Å². The number of benzene rings is 1.